The summed E-state index contributed by atoms with van der Waals surface area (Å²) in [7, 11) is -3.65. The Morgan fingerprint density at radius 1 is 1.22 bits per heavy atom. The first-order valence-electron chi connectivity index (χ1n) is 11.0. The lowest BCUT2D eigenvalue weighted by molar-refractivity contribution is 0.1000. The van der Waals surface area contributed by atoms with Crippen molar-refractivity contribution in [2.45, 2.75) is 37.5 Å². The van der Waals surface area contributed by atoms with Gasteiger partial charge in [-0.05, 0) is 79.3 Å². The van der Waals surface area contributed by atoms with Crippen LogP contribution in [0.2, 0.25) is 0 Å². The van der Waals surface area contributed by atoms with E-state index in [1.807, 2.05) is 19.9 Å². The average Bonchev–Trinajstić information content (AvgIpc) is 3.25. The lowest BCUT2D eigenvalue weighted by Gasteiger charge is -2.15. The SMILES string of the molecule is CC(C)COc1cc(CNCC2CCNC2)cc(S(=O)(=O)Cc2cccc(C(N)=O)c2)c1. The Morgan fingerprint density at radius 3 is 2.72 bits per heavy atom. The summed E-state index contributed by atoms with van der Waals surface area (Å²) in [5.74, 6) is 0.658. The van der Waals surface area contributed by atoms with Gasteiger partial charge in [0.2, 0.25) is 5.91 Å². The molecular formula is C24H33N3O4S. The number of primary amides is 1. The van der Waals surface area contributed by atoms with Gasteiger partial charge < -0.3 is 21.1 Å². The molecule has 0 aliphatic carbocycles. The van der Waals surface area contributed by atoms with E-state index in [1.54, 1.807) is 30.3 Å². The Labute approximate surface area is 190 Å². The van der Waals surface area contributed by atoms with Gasteiger partial charge in [-0.25, -0.2) is 8.42 Å². The number of ether oxygens (including phenoxy) is 1. The normalized spacial score (nSPS) is 16.4. The van der Waals surface area contributed by atoms with Crippen LogP contribution in [-0.2, 0) is 22.1 Å². The van der Waals surface area contributed by atoms with Gasteiger partial charge in [-0.1, -0.05) is 26.0 Å². The smallest absolute Gasteiger partial charge is 0.248 e. The van der Waals surface area contributed by atoms with Gasteiger partial charge in [-0.3, -0.25) is 4.79 Å². The predicted molar refractivity (Wildman–Crippen MR) is 125 cm³/mol. The molecule has 0 radical (unpaired) electrons. The van der Waals surface area contributed by atoms with Crippen LogP contribution in [0.5, 0.6) is 5.75 Å². The molecule has 1 aliphatic heterocycles. The number of rotatable bonds is 11. The van der Waals surface area contributed by atoms with Crippen LogP contribution in [0, 0.1) is 11.8 Å². The summed E-state index contributed by atoms with van der Waals surface area (Å²) in [5.41, 5.74) is 7.00. The Hall–Kier alpha value is -2.42. The topological polar surface area (TPSA) is 111 Å². The molecule has 1 unspecified atom stereocenters. The van der Waals surface area contributed by atoms with Gasteiger partial charge >= 0.3 is 0 Å². The highest BCUT2D eigenvalue weighted by Gasteiger charge is 2.19. The predicted octanol–water partition coefficient (Wildman–Crippen LogP) is 2.49. The van der Waals surface area contributed by atoms with Gasteiger partial charge in [0.05, 0.1) is 17.3 Å². The first-order valence-corrected chi connectivity index (χ1v) is 12.7. The van der Waals surface area contributed by atoms with Gasteiger partial charge in [-0.15, -0.1) is 0 Å². The number of sulfone groups is 1. The Bertz CT molecular complexity index is 1030. The molecule has 3 rings (SSSR count). The average molecular weight is 460 g/mol. The Balaban J connectivity index is 1.80. The molecule has 0 saturated carbocycles. The molecule has 2 aromatic carbocycles. The number of amides is 1. The van der Waals surface area contributed by atoms with Gasteiger partial charge in [0.1, 0.15) is 5.75 Å². The number of carbonyl (C=O) groups excluding carboxylic acids is 1. The number of hydrogen-bond donors (Lipinski definition) is 3. The number of nitrogens with two attached hydrogens (primary N) is 1. The Morgan fingerprint density at radius 2 is 2.03 bits per heavy atom. The number of hydrogen-bond acceptors (Lipinski definition) is 6. The van der Waals surface area contributed by atoms with Crippen LogP contribution >= 0.6 is 0 Å². The van der Waals surface area contributed by atoms with Crippen LogP contribution in [0.25, 0.3) is 0 Å². The van der Waals surface area contributed by atoms with Crippen molar-refractivity contribution in [3.63, 3.8) is 0 Å². The van der Waals surface area contributed by atoms with Crippen molar-refractivity contribution in [2.75, 3.05) is 26.2 Å². The van der Waals surface area contributed by atoms with Crippen LogP contribution in [0.4, 0.5) is 0 Å². The van der Waals surface area contributed by atoms with E-state index in [1.165, 1.54) is 6.07 Å². The van der Waals surface area contributed by atoms with E-state index in [0.717, 1.165) is 31.6 Å². The van der Waals surface area contributed by atoms with Crippen LogP contribution < -0.4 is 21.1 Å². The molecule has 2 aromatic rings. The maximum Gasteiger partial charge on any atom is 0.248 e. The minimum Gasteiger partial charge on any atom is -0.493 e. The summed E-state index contributed by atoms with van der Waals surface area (Å²) >= 11 is 0. The zero-order chi connectivity index (χ0) is 23.1. The fourth-order valence-electron chi connectivity index (χ4n) is 3.68. The summed E-state index contributed by atoms with van der Waals surface area (Å²) in [4.78, 5) is 11.7. The summed E-state index contributed by atoms with van der Waals surface area (Å²) in [6.07, 6.45) is 1.15. The van der Waals surface area contributed by atoms with Crippen molar-refractivity contribution in [3.8, 4) is 5.75 Å². The first kappa shape index (κ1) is 24.2. The molecule has 1 atom stereocenters. The molecule has 32 heavy (non-hydrogen) atoms. The van der Waals surface area contributed by atoms with E-state index in [9.17, 15) is 13.2 Å². The van der Waals surface area contributed by atoms with Gasteiger partial charge in [0, 0.05) is 12.1 Å². The molecule has 1 heterocycles. The van der Waals surface area contributed by atoms with E-state index in [-0.39, 0.29) is 16.2 Å². The van der Waals surface area contributed by atoms with Crippen molar-refractivity contribution in [3.05, 3.63) is 59.2 Å². The van der Waals surface area contributed by atoms with Crippen LogP contribution in [0.3, 0.4) is 0 Å². The van der Waals surface area contributed by atoms with Crippen molar-refractivity contribution < 1.29 is 17.9 Å². The molecule has 0 bridgehead atoms. The molecule has 1 saturated heterocycles. The molecule has 1 fully saturated rings. The first-order chi connectivity index (χ1) is 15.2. The van der Waals surface area contributed by atoms with Gasteiger partial charge in [0.25, 0.3) is 0 Å². The van der Waals surface area contributed by atoms with Crippen molar-refractivity contribution in [2.24, 2.45) is 17.6 Å². The zero-order valence-corrected chi connectivity index (χ0v) is 19.6. The monoisotopic (exact) mass is 459 g/mol. The quantitative estimate of drug-likeness (QED) is 0.476. The standard InChI is InChI=1S/C24H33N3O4S/c1-17(2)15-31-22-9-20(14-27-13-19-6-7-26-12-19)10-23(11-22)32(29,30)16-18-4-3-5-21(8-18)24(25)28/h3-5,8-11,17,19,26-27H,6-7,12-16H2,1-2H3,(H2,25,28). The maximum atomic E-state index is 13.2. The maximum absolute atomic E-state index is 13.2. The molecule has 0 spiro atoms. The fourth-order valence-corrected chi connectivity index (χ4v) is 5.10. The molecule has 1 aliphatic rings. The third-order valence-corrected chi connectivity index (χ3v) is 7.04. The summed E-state index contributed by atoms with van der Waals surface area (Å²) in [6, 6.07) is 11.6. The minimum atomic E-state index is -3.65. The second-order valence-electron chi connectivity index (χ2n) is 8.83. The van der Waals surface area contributed by atoms with Gasteiger partial charge in [0.15, 0.2) is 9.84 Å². The molecule has 0 aromatic heterocycles. The molecular weight excluding hydrogens is 426 g/mol. The minimum absolute atomic E-state index is 0.211. The fraction of sp³-hybridized carbons (Fsp3) is 0.458. The summed E-state index contributed by atoms with van der Waals surface area (Å²) in [6.45, 7) is 8.10. The van der Waals surface area contributed by atoms with E-state index in [0.29, 0.717) is 36.3 Å². The van der Waals surface area contributed by atoms with Crippen molar-refractivity contribution >= 4 is 15.7 Å². The lowest BCUT2D eigenvalue weighted by Crippen LogP contribution is -2.24. The van der Waals surface area contributed by atoms with Crippen molar-refractivity contribution in [1.29, 1.82) is 0 Å². The highest BCUT2D eigenvalue weighted by atomic mass is 32.2. The second kappa shape index (κ2) is 10.9. The highest BCUT2D eigenvalue weighted by Crippen LogP contribution is 2.25. The number of benzene rings is 2. The summed E-state index contributed by atoms with van der Waals surface area (Å²) in [5, 5.41) is 6.79. The number of carbonyl (C=O) groups is 1. The largest absolute Gasteiger partial charge is 0.493 e. The Kier molecular flexibility index (Phi) is 8.28. The van der Waals surface area contributed by atoms with Crippen LogP contribution in [0.1, 0.15) is 41.8 Å². The lowest BCUT2D eigenvalue weighted by atomic mass is 10.1. The van der Waals surface area contributed by atoms with Gasteiger partial charge in [-0.2, -0.15) is 0 Å². The van der Waals surface area contributed by atoms with E-state index in [4.69, 9.17) is 10.5 Å². The number of nitrogens with one attached hydrogen (secondary N) is 2. The summed E-state index contributed by atoms with van der Waals surface area (Å²) < 4.78 is 32.3. The molecule has 4 N–H and O–H groups in total. The molecule has 8 heteroatoms. The van der Waals surface area contributed by atoms with Crippen LogP contribution in [-0.4, -0.2) is 40.6 Å². The molecule has 1 amide bonds. The van der Waals surface area contributed by atoms with E-state index in [2.05, 4.69) is 10.6 Å². The molecule has 7 nitrogen and oxygen atoms in total. The van der Waals surface area contributed by atoms with Crippen molar-refractivity contribution in [1.82, 2.24) is 10.6 Å². The molecule has 174 valence electrons. The third kappa shape index (κ3) is 7.05. The van der Waals surface area contributed by atoms with Crippen LogP contribution in [0.15, 0.2) is 47.4 Å². The second-order valence-corrected chi connectivity index (χ2v) is 10.8. The zero-order valence-electron chi connectivity index (χ0n) is 18.8. The third-order valence-electron chi connectivity index (χ3n) is 5.37. The van der Waals surface area contributed by atoms with E-state index >= 15 is 0 Å². The van der Waals surface area contributed by atoms with E-state index < -0.39 is 15.7 Å². The highest BCUT2D eigenvalue weighted by molar-refractivity contribution is 7.90.